The normalized spacial score (nSPS) is 12.8. The first kappa shape index (κ1) is 11.2. The minimum atomic E-state index is -1.04. The number of nitrogens with zero attached hydrogens (tertiary/aromatic N) is 1. The van der Waals surface area contributed by atoms with Gasteiger partial charge in [0.05, 0.1) is 0 Å². The monoisotopic (exact) mass is 193 g/mol. The van der Waals surface area contributed by atoms with Crippen LogP contribution in [0.1, 0.15) is 13.8 Å². The molecule has 0 bridgehead atoms. The fourth-order valence-electron chi connectivity index (χ4n) is 1.01. The van der Waals surface area contributed by atoms with Gasteiger partial charge in [0, 0.05) is 7.05 Å². The summed E-state index contributed by atoms with van der Waals surface area (Å²) >= 11 is 5.13. The Bertz CT molecular complexity index is 193. The molecule has 0 spiro atoms. The van der Waals surface area contributed by atoms with Gasteiger partial charge in [-0.2, -0.15) is 0 Å². The van der Waals surface area contributed by atoms with Crippen molar-refractivity contribution in [2.24, 2.45) is 5.92 Å². The lowest BCUT2D eigenvalue weighted by Gasteiger charge is -2.25. The van der Waals surface area contributed by atoms with Crippen molar-refractivity contribution in [3.8, 4) is 0 Å². The number of aliphatic carboxylic acids is 1. The fraction of sp³-hybridized carbons (Fsp3) is 0.714. The summed E-state index contributed by atoms with van der Waals surface area (Å²) in [6.07, 6.45) is 0. The van der Waals surface area contributed by atoms with Crippen LogP contribution >= 0.6 is 11.6 Å². The van der Waals surface area contributed by atoms with E-state index in [0.717, 1.165) is 4.90 Å². The van der Waals surface area contributed by atoms with E-state index in [9.17, 15) is 9.59 Å². The SMILES string of the molecule is CC(C)C(C(=O)O)N(C)C(=O)Cl. The van der Waals surface area contributed by atoms with Crippen LogP contribution in [0.5, 0.6) is 0 Å². The predicted octanol–water partition coefficient (Wildman–Crippen LogP) is 1.39. The van der Waals surface area contributed by atoms with Gasteiger partial charge in [-0.05, 0) is 17.5 Å². The summed E-state index contributed by atoms with van der Waals surface area (Å²) in [4.78, 5) is 22.3. The highest BCUT2D eigenvalue weighted by Gasteiger charge is 2.28. The van der Waals surface area contributed by atoms with E-state index in [0.29, 0.717) is 0 Å². The number of likely N-dealkylation sites (N-methyl/N-ethyl adjacent to an activating group) is 1. The minimum absolute atomic E-state index is 0.157. The van der Waals surface area contributed by atoms with E-state index < -0.39 is 17.4 Å². The second kappa shape index (κ2) is 4.30. The van der Waals surface area contributed by atoms with E-state index in [2.05, 4.69) is 0 Å². The van der Waals surface area contributed by atoms with E-state index in [1.165, 1.54) is 7.05 Å². The topological polar surface area (TPSA) is 57.6 Å². The summed E-state index contributed by atoms with van der Waals surface area (Å²) in [6, 6.07) is -0.852. The lowest BCUT2D eigenvalue weighted by atomic mass is 10.0. The van der Waals surface area contributed by atoms with Gasteiger partial charge in [0.2, 0.25) is 0 Å². The molecular weight excluding hydrogens is 182 g/mol. The van der Waals surface area contributed by atoms with Crippen molar-refractivity contribution in [3.63, 3.8) is 0 Å². The number of carbonyl (C=O) groups excluding carboxylic acids is 1. The zero-order chi connectivity index (χ0) is 9.89. The van der Waals surface area contributed by atoms with Crippen LogP contribution in [0.25, 0.3) is 0 Å². The van der Waals surface area contributed by atoms with Crippen LogP contribution in [0.3, 0.4) is 0 Å². The van der Waals surface area contributed by atoms with Crippen molar-refractivity contribution in [3.05, 3.63) is 0 Å². The number of amides is 1. The van der Waals surface area contributed by atoms with Crippen molar-refractivity contribution >= 4 is 22.9 Å². The van der Waals surface area contributed by atoms with Crippen LogP contribution in [0.2, 0.25) is 0 Å². The zero-order valence-corrected chi connectivity index (χ0v) is 8.00. The molecule has 0 aromatic carbocycles. The van der Waals surface area contributed by atoms with Gasteiger partial charge >= 0.3 is 11.3 Å². The number of carboxylic acid groups (broad SMARTS) is 1. The molecule has 70 valence electrons. The third kappa shape index (κ3) is 2.70. The van der Waals surface area contributed by atoms with Crippen LogP contribution in [-0.2, 0) is 4.79 Å². The number of carbonyl (C=O) groups is 2. The zero-order valence-electron chi connectivity index (χ0n) is 7.24. The number of carboxylic acids is 1. The summed E-state index contributed by atoms with van der Waals surface area (Å²) in [6.45, 7) is 3.43. The van der Waals surface area contributed by atoms with Crippen LogP contribution < -0.4 is 0 Å². The number of hydrogen-bond acceptors (Lipinski definition) is 2. The van der Waals surface area contributed by atoms with E-state index in [-0.39, 0.29) is 5.92 Å². The summed E-state index contributed by atoms with van der Waals surface area (Å²) < 4.78 is 0. The molecule has 0 aliphatic heterocycles. The molecule has 1 atom stereocenters. The first-order valence-electron chi connectivity index (χ1n) is 3.53. The summed E-state index contributed by atoms with van der Waals surface area (Å²) in [7, 11) is 1.37. The molecule has 4 nitrogen and oxygen atoms in total. The van der Waals surface area contributed by atoms with Gasteiger partial charge in [-0.3, -0.25) is 4.79 Å². The third-order valence-electron chi connectivity index (χ3n) is 1.58. The van der Waals surface area contributed by atoms with Crippen LogP contribution in [0, 0.1) is 5.92 Å². The molecule has 0 fully saturated rings. The highest BCUT2D eigenvalue weighted by atomic mass is 35.5. The molecule has 0 rings (SSSR count). The first-order chi connectivity index (χ1) is 5.37. The van der Waals surface area contributed by atoms with Gasteiger partial charge in [-0.25, -0.2) is 4.79 Å². The summed E-state index contributed by atoms with van der Waals surface area (Å²) in [5.41, 5.74) is 0. The quantitative estimate of drug-likeness (QED) is 0.544. The Kier molecular flexibility index (Phi) is 4.03. The van der Waals surface area contributed by atoms with Gasteiger partial charge in [-0.15, -0.1) is 0 Å². The van der Waals surface area contributed by atoms with Gasteiger partial charge in [0.15, 0.2) is 0 Å². The Labute approximate surface area is 76.1 Å². The van der Waals surface area contributed by atoms with E-state index >= 15 is 0 Å². The van der Waals surface area contributed by atoms with Crippen molar-refractivity contribution in [2.45, 2.75) is 19.9 Å². The Morgan fingerprint density at radius 3 is 1.92 bits per heavy atom. The molecule has 0 aliphatic rings. The third-order valence-corrected chi connectivity index (χ3v) is 1.85. The maximum atomic E-state index is 10.6. The summed E-state index contributed by atoms with van der Waals surface area (Å²) in [5, 5.41) is 7.96. The second-order valence-electron chi connectivity index (χ2n) is 2.89. The highest BCUT2D eigenvalue weighted by Crippen LogP contribution is 2.11. The Balaban J connectivity index is 4.51. The van der Waals surface area contributed by atoms with Crippen molar-refractivity contribution in [1.29, 1.82) is 0 Å². The van der Waals surface area contributed by atoms with Gasteiger partial charge in [0.1, 0.15) is 6.04 Å². The summed E-state index contributed by atoms with van der Waals surface area (Å²) in [5.74, 6) is -1.20. The average Bonchev–Trinajstić information content (AvgIpc) is 1.85. The number of halogens is 1. The standard InChI is InChI=1S/C7H12ClNO3/c1-4(2)5(6(10)11)9(3)7(8)12/h4-5H,1-3H3,(H,10,11). The first-order valence-corrected chi connectivity index (χ1v) is 3.90. The Hall–Kier alpha value is -0.770. The fourth-order valence-corrected chi connectivity index (χ4v) is 1.11. The van der Waals surface area contributed by atoms with Gasteiger partial charge < -0.3 is 10.0 Å². The van der Waals surface area contributed by atoms with Gasteiger partial charge in [0.25, 0.3) is 0 Å². The molecule has 12 heavy (non-hydrogen) atoms. The largest absolute Gasteiger partial charge is 0.480 e. The Morgan fingerprint density at radius 1 is 1.42 bits per heavy atom. The smallest absolute Gasteiger partial charge is 0.326 e. The second-order valence-corrected chi connectivity index (χ2v) is 3.21. The highest BCUT2D eigenvalue weighted by molar-refractivity contribution is 6.62. The van der Waals surface area contributed by atoms with Gasteiger partial charge in [-0.1, -0.05) is 13.8 Å². The molecule has 0 saturated carbocycles. The molecule has 0 aliphatic carbocycles. The number of hydrogen-bond donors (Lipinski definition) is 1. The maximum absolute atomic E-state index is 10.6. The molecule has 1 amide bonds. The predicted molar refractivity (Wildman–Crippen MR) is 45.3 cm³/mol. The van der Waals surface area contributed by atoms with Crippen LogP contribution in [0.4, 0.5) is 4.79 Å². The molecule has 1 unspecified atom stereocenters. The lowest BCUT2D eigenvalue weighted by molar-refractivity contribution is -0.143. The number of rotatable bonds is 3. The molecular formula is C7H12ClNO3. The van der Waals surface area contributed by atoms with Crippen molar-refractivity contribution in [1.82, 2.24) is 4.90 Å². The molecule has 0 aromatic rings. The minimum Gasteiger partial charge on any atom is -0.480 e. The Morgan fingerprint density at radius 2 is 1.83 bits per heavy atom. The molecule has 0 aromatic heterocycles. The molecule has 5 heteroatoms. The van der Waals surface area contributed by atoms with Crippen LogP contribution in [0.15, 0.2) is 0 Å². The van der Waals surface area contributed by atoms with Crippen molar-refractivity contribution < 1.29 is 14.7 Å². The molecule has 0 saturated heterocycles. The van der Waals surface area contributed by atoms with E-state index in [1.807, 2.05) is 0 Å². The van der Waals surface area contributed by atoms with E-state index in [1.54, 1.807) is 13.8 Å². The van der Waals surface area contributed by atoms with Crippen LogP contribution in [-0.4, -0.2) is 34.4 Å². The maximum Gasteiger partial charge on any atom is 0.326 e. The lowest BCUT2D eigenvalue weighted by Crippen LogP contribution is -2.43. The molecule has 0 heterocycles. The molecule has 1 N–H and O–H groups in total. The van der Waals surface area contributed by atoms with E-state index in [4.69, 9.17) is 16.7 Å². The molecule has 0 radical (unpaired) electrons. The van der Waals surface area contributed by atoms with Crippen molar-refractivity contribution in [2.75, 3.05) is 7.05 Å². The average molecular weight is 194 g/mol.